The van der Waals surface area contributed by atoms with Crippen LogP contribution in [0.5, 0.6) is 11.5 Å². The van der Waals surface area contributed by atoms with Crippen LogP contribution in [0.4, 0.5) is 0 Å². The molecule has 2 aromatic carbocycles. The van der Waals surface area contributed by atoms with E-state index in [1.807, 2.05) is 30.3 Å². The smallest absolute Gasteiger partial charge is 0.247 e. The molecule has 1 aliphatic heterocycles. The Balaban J connectivity index is 1.39. The minimum Gasteiger partial charge on any atom is -0.493 e. The molecule has 2 fully saturated rings. The minimum atomic E-state index is -1.13. The van der Waals surface area contributed by atoms with Crippen molar-refractivity contribution in [3.8, 4) is 11.5 Å². The Kier molecular flexibility index (Phi) is 8.25. The average Bonchev–Trinajstić information content (AvgIpc) is 3.74. The number of fused-ring (bicyclic) bond motifs is 5. The molecule has 0 radical (unpaired) electrons. The lowest BCUT2D eigenvalue weighted by atomic mass is 9.77. The number of ether oxygens (including phenoxy) is 2. The highest BCUT2D eigenvalue weighted by Gasteiger charge is 2.52. The van der Waals surface area contributed by atoms with Crippen molar-refractivity contribution in [3.05, 3.63) is 70.8 Å². The van der Waals surface area contributed by atoms with Gasteiger partial charge in [0.2, 0.25) is 11.8 Å². The molecule has 2 amide bonds. The van der Waals surface area contributed by atoms with Crippen LogP contribution in [-0.4, -0.2) is 70.5 Å². The summed E-state index contributed by atoms with van der Waals surface area (Å²) in [5.74, 6) is 1.35. The van der Waals surface area contributed by atoms with Gasteiger partial charge in [0.1, 0.15) is 12.2 Å². The molecule has 0 spiro atoms. The summed E-state index contributed by atoms with van der Waals surface area (Å²) in [7, 11) is 1.50. The van der Waals surface area contributed by atoms with E-state index in [1.54, 1.807) is 23.1 Å². The van der Waals surface area contributed by atoms with Crippen LogP contribution >= 0.6 is 0 Å². The van der Waals surface area contributed by atoms with Crippen molar-refractivity contribution < 1.29 is 34.4 Å². The van der Waals surface area contributed by atoms with Gasteiger partial charge in [-0.1, -0.05) is 36.8 Å². The summed E-state index contributed by atoms with van der Waals surface area (Å²) in [6.45, 7) is -0.112. The van der Waals surface area contributed by atoms with E-state index >= 15 is 0 Å². The normalized spacial score (nSPS) is 28.9. The predicted octanol–water partition coefficient (Wildman–Crippen LogP) is 2.67. The fourth-order valence-electron chi connectivity index (χ4n) is 7.73. The van der Waals surface area contributed by atoms with Crippen LogP contribution in [0.2, 0.25) is 0 Å². The maximum absolute atomic E-state index is 14.1. The second-order valence-electron chi connectivity index (χ2n) is 12.2. The van der Waals surface area contributed by atoms with Crippen molar-refractivity contribution >= 4 is 11.8 Å². The van der Waals surface area contributed by atoms with Crippen LogP contribution < -0.4 is 14.8 Å². The summed E-state index contributed by atoms with van der Waals surface area (Å²) < 4.78 is 11.9. The summed E-state index contributed by atoms with van der Waals surface area (Å²) in [6, 6.07) is 12.3. The summed E-state index contributed by atoms with van der Waals surface area (Å²) in [4.78, 5) is 29.4. The van der Waals surface area contributed by atoms with Gasteiger partial charge in [-0.05, 0) is 66.4 Å². The third-order valence-corrected chi connectivity index (χ3v) is 9.69. The lowest BCUT2D eigenvalue weighted by Crippen LogP contribution is -2.55. The number of aliphatic hydroxyl groups excluding tert-OH is 3. The molecule has 2 saturated carbocycles. The number of carbonyl (C=O) groups excluding carboxylic acids is 2. The Labute approximate surface area is 246 Å². The Morgan fingerprint density at radius 1 is 1.10 bits per heavy atom. The van der Waals surface area contributed by atoms with Crippen LogP contribution in [-0.2, 0) is 22.7 Å². The van der Waals surface area contributed by atoms with Crippen LogP contribution in [0, 0.1) is 17.8 Å². The van der Waals surface area contributed by atoms with Gasteiger partial charge in [0.25, 0.3) is 0 Å². The van der Waals surface area contributed by atoms with E-state index in [0.717, 1.165) is 12.0 Å². The molecule has 2 bridgehead atoms. The van der Waals surface area contributed by atoms with Gasteiger partial charge in [-0.15, -0.1) is 0 Å². The quantitative estimate of drug-likeness (QED) is 0.342. The van der Waals surface area contributed by atoms with Gasteiger partial charge in [-0.2, -0.15) is 0 Å². The molecule has 2 aromatic rings. The van der Waals surface area contributed by atoms with Crippen LogP contribution in [0.1, 0.15) is 54.7 Å². The third kappa shape index (κ3) is 5.29. The maximum atomic E-state index is 14.1. The molecular formula is C33H40N2O7. The number of aliphatic hydroxyl groups is 3. The van der Waals surface area contributed by atoms with Crippen molar-refractivity contribution in [2.45, 2.75) is 69.4 Å². The SMILES string of the molecule is COc1cc(CO)cc2c1OC1C2C(C(=O)NCCO)=CC(N(Cc2ccccc2)C(=O)CC2CC3CCC2C3)C1O. The van der Waals surface area contributed by atoms with E-state index in [2.05, 4.69) is 5.32 Å². The van der Waals surface area contributed by atoms with Gasteiger partial charge in [0, 0.05) is 30.6 Å². The largest absolute Gasteiger partial charge is 0.493 e. The monoisotopic (exact) mass is 576 g/mol. The number of methoxy groups -OCH3 is 1. The van der Waals surface area contributed by atoms with Gasteiger partial charge >= 0.3 is 0 Å². The topological polar surface area (TPSA) is 129 Å². The molecule has 7 unspecified atom stereocenters. The summed E-state index contributed by atoms with van der Waals surface area (Å²) >= 11 is 0. The standard InChI is InChI=1S/C33H40N2O7/c1-41-27-14-21(18-37)13-24-29-25(33(40)34-9-10-36)16-26(30(39)32(29)42-31(24)27)35(17-19-5-3-2-4-6-19)28(38)15-23-12-20-7-8-22(23)11-20/h2-6,13-14,16,20,22-23,26,29-30,32,36-37,39H,7-12,15,17-18H2,1H3,(H,34,40). The van der Waals surface area contributed by atoms with E-state index in [-0.39, 0.29) is 32.2 Å². The fraction of sp³-hybridized carbons (Fsp3) is 0.515. The second kappa shape index (κ2) is 12.1. The predicted molar refractivity (Wildman–Crippen MR) is 155 cm³/mol. The van der Waals surface area contributed by atoms with Crippen molar-refractivity contribution in [3.63, 3.8) is 0 Å². The Morgan fingerprint density at radius 2 is 1.90 bits per heavy atom. The Morgan fingerprint density at radius 3 is 2.57 bits per heavy atom. The van der Waals surface area contributed by atoms with E-state index in [4.69, 9.17) is 9.47 Å². The lowest BCUT2D eigenvalue weighted by Gasteiger charge is -2.41. The number of carbonyl (C=O) groups is 2. The van der Waals surface area contributed by atoms with E-state index < -0.39 is 30.1 Å². The third-order valence-electron chi connectivity index (χ3n) is 9.69. The summed E-state index contributed by atoms with van der Waals surface area (Å²) in [5, 5.41) is 34.0. The van der Waals surface area contributed by atoms with Gasteiger partial charge in [-0.25, -0.2) is 0 Å². The molecule has 224 valence electrons. The lowest BCUT2D eigenvalue weighted by molar-refractivity contribution is -0.139. The summed E-state index contributed by atoms with van der Waals surface area (Å²) in [5.41, 5.74) is 2.51. The highest BCUT2D eigenvalue weighted by atomic mass is 16.5. The van der Waals surface area contributed by atoms with Gasteiger partial charge in [0.15, 0.2) is 11.5 Å². The number of nitrogens with zero attached hydrogens (tertiary/aromatic N) is 1. The van der Waals surface area contributed by atoms with Crippen molar-refractivity contribution in [1.82, 2.24) is 10.2 Å². The van der Waals surface area contributed by atoms with E-state index in [9.17, 15) is 24.9 Å². The highest BCUT2D eigenvalue weighted by Crippen LogP contribution is 2.52. The fourth-order valence-corrected chi connectivity index (χ4v) is 7.73. The maximum Gasteiger partial charge on any atom is 0.247 e. The molecule has 4 N–H and O–H groups in total. The first-order chi connectivity index (χ1) is 20.4. The number of hydrogen-bond donors (Lipinski definition) is 4. The molecule has 6 rings (SSSR count). The Bertz CT molecular complexity index is 1350. The van der Waals surface area contributed by atoms with Gasteiger partial charge in [0.05, 0.1) is 32.3 Å². The number of amides is 2. The first kappa shape index (κ1) is 28.7. The number of rotatable bonds is 10. The van der Waals surface area contributed by atoms with Crippen LogP contribution in [0.3, 0.4) is 0 Å². The van der Waals surface area contributed by atoms with Crippen molar-refractivity contribution in [1.29, 1.82) is 0 Å². The molecule has 9 heteroatoms. The number of nitrogens with one attached hydrogen (secondary N) is 1. The first-order valence-corrected chi connectivity index (χ1v) is 15.0. The van der Waals surface area contributed by atoms with Crippen LogP contribution in [0.15, 0.2) is 54.1 Å². The first-order valence-electron chi connectivity index (χ1n) is 15.0. The molecule has 1 heterocycles. The molecule has 4 aliphatic rings. The molecule has 7 atom stereocenters. The number of benzene rings is 2. The molecule has 42 heavy (non-hydrogen) atoms. The number of hydrogen-bond acceptors (Lipinski definition) is 7. The Hall–Kier alpha value is -3.40. The molecule has 3 aliphatic carbocycles. The van der Waals surface area contributed by atoms with E-state index in [1.165, 1.54) is 26.4 Å². The van der Waals surface area contributed by atoms with Gasteiger partial charge < -0.3 is 35.0 Å². The van der Waals surface area contributed by atoms with Crippen molar-refractivity contribution in [2.75, 3.05) is 20.3 Å². The minimum absolute atomic E-state index is 0.0408. The average molecular weight is 577 g/mol. The van der Waals surface area contributed by atoms with Gasteiger partial charge in [-0.3, -0.25) is 9.59 Å². The zero-order valence-corrected chi connectivity index (χ0v) is 23.9. The van der Waals surface area contributed by atoms with Crippen LogP contribution in [0.25, 0.3) is 0 Å². The molecule has 9 nitrogen and oxygen atoms in total. The van der Waals surface area contributed by atoms with E-state index in [0.29, 0.717) is 52.4 Å². The molecular weight excluding hydrogens is 536 g/mol. The summed E-state index contributed by atoms with van der Waals surface area (Å²) in [6.07, 6.45) is 4.83. The zero-order chi connectivity index (χ0) is 29.4. The van der Waals surface area contributed by atoms with Crippen molar-refractivity contribution in [2.24, 2.45) is 17.8 Å². The zero-order valence-electron chi connectivity index (χ0n) is 23.9. The molecule has 0 aromatic heterocycles. The molecule has 0 saturated heterocycles. The highest BCUT2D eigenvalue weighted by molar-refractivity contribution is 5.96. The second-order valence-corrected chi connectivity index (χ2v) is 12.2.